The lowest BCUT2D eigenvalue weighted by Crippen LogP contribution is -2.07. The molecule has 5 nitrogen and oxygen atoms in total. The molecular weight excluding hydrogens is 384 g/mol. The molecule has 0 aliphatic carbocycles. The van der Waals surface area contributed by atoms with E-state index >= 15 is 0 Å². The smallest absolute Gasteiger partial charge is 0.137 e. The maximum absolute atomic E-state index is 5.90. The van der Waals surface area contributed by atoms with Crippen molar-refractivity contribution in [3.63, 3.8) is 0 Å². The maximum atomic E-state index is 5.90. The standard InChI is InChI=1S/C23H21ClN4O/c24-18-5-1-17(2-6-18)14-29-20-8-3-16(4-9-20)11-12-26-23-21-13-19(25)7-10-22(21)27-15-28-23/h1-10,13,15H,11-12,14,25H2,(H,26,27,28). The van der Waals surface area contributed by atoms with Gasteiger partial charge in [0.15, 0.2) is 0 Å². The molecular formula is C23H21ClN4O. The topological polar surface area (TPSA) is 73.1 Å². The summed E-state index contributed by atoms with van der Waals surface area (Å²) >= 11 is 5.90. The third-order valence-electron chi connectivity index (χ3n) is 4.61. The van der Waals surface area contributed by atoms with Gasteiger partial charge < -0.3 is 15.8 Å². The molecule has 0 unspecified atom stereocenters. The lowest BCUT2D eigenvalue weighted by molar-refractivity contribution is 0.306. The highest BCUT2D eigenvalue weighted by atomic mass is 35.5. The minimum Gasteiger partial charge on any atom is -0.489 e. The molecule has 1 aromatic heterocycles. The maximum Gasteiger partial charge on any atom is 0.137 e. The van der Waals surface area contributed by atoms with E-state index in [9.17, 15) is 0 Å². The molecule has 0 spiro atoms. The molecule has 146 valence electrons. The van der Waals surface area contributed by atoms with Crippen molar-refractivity contribution in [2.24, 2.45) is 0 Å². The van der Waals surface area contributed by atoms with Gasteiger partial charge in [0, 0.05) is 22.6 Å². The van der Waals surface area contributed by atoms with Crippen LogP contribution in [0, 0.1) is 0 Å². The Hall–Kier alpha value is -3.31. The zero-order valence-corrected chi connectivity index (χ0v) is 16.6. The largest absolute Gasteiger partial charge is 0.489 e. The first-order valence-electron chi connectivity index (χ1n) is 9.38. The SMILES string of the molecule is Nc1ccc2ncnc(NCCc3ccc(OCc4ccc(Cl)cc4)cc3)c2c1. The Kier molecular flexibility index (Phi) is 5.77. The molecule has 0 fully saturated rings. The zero-order chi connectivity index (χ0) is 20.1. The molecule has 3 N–H and O–H groups in total. The van der Waals surface area contributed by atoms with E-state index in [2.05, 4.69) is 27.4 Å². The van der Waals surface area contributed by atoms with Gasteiger partial charge in [-0.2, -0.15) is 0 Å². The molecule has 0 aliphatic heterocycles. The number of anilines is 2. The van der Waals surface area contributed by atoms with E-state index in [-0.39, 0.29) is 0 Å². The Balaban J connectivity index is 1.31. The summed E-state index contributed by atoms with van der Waals surface area (Å²) < 4.78 is 5.83. The number of aromatic nitrogens is 2. The van der Waals surface area contributed by atoms with Gasteiger partial charge in [-0.25, -0.2) is 9.97 Å². The summed E-state index contributed by atoms with van der Waals surface area (Å²) in [4.78, 5) is 8.62. The van der Waals surface area contributed by atoms with Crippen molar-refractivity contribution in [3.05, 3.63) is 89.2 Å². The first kappa shape index (κ1) is 19.0. The van der Waals surface area contributed by atoms with E-state index in [4.69, 9.17) is 22.1 Å². The van der Waals surface area contributed by atoms with Crippen LogP contribution in [0.15, 0.2) is 73.1 Å². The molecule has 0 saturated heterocycles. The number of nitrogens with two attached hydrogens (primary N) is 1. The monoisotopic (exact) mass is 404 g/mol. The number of hydrogen-bond acceptors (Lipinski definition) is 5. The van der Waals surface area contributed by atoms with Crippen LogP contribution in [0.25, 0.3) is 10.9 Å². The predicted octanol–water partition coefficient (Wildman–Crippen LogP) is 5.10. The van der Waals surface area contributed by atoms with Gasteiger partial charge in [-0.05, 0) is 60.0 Å². The Morgan fingerprint density at radius 2 is 1.66 bits per heavy atom. The number of benzene rings is 3. The van der Waals surface area contributed by atoms with Crippen molar-refractivity contribution in [2.45, 2.75) is 13.0 Å². The third-order valence-corrected chi connectivity index (χ3v) is 4.86. The average molecular weight is 405 g/mol. The average Bonchev–Trinajstić information content (AvgIpc) is 2.74. The molecule has 0 aliphatic rings. The van der Waals surface area contributed by atoms with Crippen molar-refractivity contribution in [3.8, 4) is 5.75 Å². The number of ether oxygens (including phenoxy) is 1. The molecule has 3 aromatic carbocycles. The van der Waals surface area contributed by atoms with Crippen molar-refractivity contribution in [1.29, 1.82) is 0 Å². The first-order valence-corrected chi connectivity index (χ1v) is 9.75. The van der Waals surface area contributed by atoms with E-state index in [1.165, 1.54) is 5.56 Å². The molecule has 0 amide bonds. The molecule has 6 heteroatoms. The molecule has 0 radical (unpaired) electrons. The number of rotatable bonds is 7. The number of halogens is 1. The van der Waals surface area contributed by atoms with Gasteiger partial charge in [0.2, 0.25) is 0 Å². The van der Waals surface area contributed by atoms with Crippen LogP contribution in [-0.2, 0) is 13.0 Å². The van der Waals surface area contributed by atoms with Crippen LogP contribution >= 0.6 is 11.6 Å². The van der Waals surface area contributed by atoms with Crippen LogP contribution in [0.5, 0.6) is 5.75 Å². The van der Waals surface area contributed by atoms with Gasteiger partial charge >= 0.3 is 0 Å². The fourth-order valence-corrected chi connectivity index (χ4v) is 3.17. The summed E-state index contributed by atoms with van der Waals surface area (Å²) in [6, 6.07) is 21.4. The van der Waals surface area contributed by atoms with Crippen molar-refractivity contribution in [1.82, 2.24) is 9.97 Å². The van der Waals surface area contributed by atoms with Crippen molar-refractivity contribution >= 4 is 34.0 Å². The summed E-state index contributed by atoms with van der Waals surface area (Å²) in [6.45, 7) is 1.27. The van der Waals surface area contributed by atoms with Crippen LogP contribution < -0.4 is 15.8 Å². The second-order valence-electron chi connectivity index (χ2n) is 6.73. The van der Waals surface area contributed by atoms with Gasteiger partial charge in [0.05, 0.1) is 5.52 Å². The van der Waals surface area contributed by atoms with Crippen molar-refractivity contribution < 1.29 is 4.74 Å². The summed E-state index contributed by atoms with van der Waals surface area (Å²) in [5.41, 5.74) is 9.77. The summed E-state index contributed by atoms with van der Waals surface area (Å²) in [5.74, 6) is 1.64. The van der Waals surface area contributed by atoms with Crippen LogP contribution in [0.3, 0.4) is 0 Å². The quantitative estimate of drug-likeness (QED) is 0.419. The normalized spacial score (nSPS) is 10.8. The van der Waals surface area contributed by atoms with Crippen LogP contribution in [0.2, 0.25) is 5.02 Å². The Bertz CT molecular complexity index is 1100. The molecule has 29 heavy (non-hydrogen) atoms. The van der Waals surface area contributed by atoms with E-state index in [1.807, 2.05) is 54.6 Å². The lowest BCUT2D eigenvalue weighted by Gasteiger charge is -2.10. The first-order chi connectivity index (χ1) is 14.2. The number of hydrogen-bond donors (Lipinski definition) is 2. The van der Waals surface area contributed by atoms with E-state index < -0.39 is 0 Å². The highest BCUT2D eigenvalue weighted by molar-refractivity contribution is 6.30. The minimum atomic E-state index is 0.516. The summed E-state index contributed by atoms with van der Waals surface area (Å²) in [6.07, 6.45) is 2.43. The molecule has 0 atom stereocenters. The van der Waals surface area contributed by atoms with E-state index in [0.717, 1.165) is 46.0 Å². The minimum absolute atomic E-state index is 0.516. The number of fused-ring (bicyclic) bond motifs is 1. The third kappa shape index (κ3) is 4.95. The summed E-state index contributed by atoms with van der Waals surface area (Å²) in [7, 11) is 0. The van der Waals surface area contributed by atoms with Crippen LogP contribution in [0.4, 0.5) is 11.5 Å². The van der Waals surface area contributed by atoms with Gasteiger partial charge in [0.25, 0.3) is 0 Å². The van der Waals surface area contributed by atoms with Gasteiger partial charge in [-0.1, -0.05) is 35.9 Å². The Morgan fingerprint density at radius 3 is 2.45 bits per heavy atom. The Morgan fingerprint density at radius 1 is 0.897 bits per heavy atom. The molecule has 0 saturated carbocycles. The molecule has 1 heterocycles. The number of nitrogens with one attached hydrogen (secondary N) is 1. The predicted molar refractivity (Wildman–Crippen MR) is 118 cm³/mol. The number of nitrogen functional groups attached to an aromatic ring is 1. The van der Waals surface area contributed by atoms with Gasteiger partial charge in [-0.3, -0.25) is 0 Å². The lowest BCUT2D eigenvalue weighted by atomic mass is 10.1. The van der Waals surface area contributed by atoms with Gasteiger partial charge in [-0.15, -0.1) is 0 Å². The van der Waals surface area contributed by atoms with Gasteiger partial charge in [0.1, 0.15) is 24.5 Å². The fraction of sp³-hybridized carbons (Fsp3) is 0.130. The number of nitrogens with zero attached hydrogens (tertiary/aromatic N) is 2. The highest BCUT2D eigenvalue weighted by Crippen LogP contribution is 2.22. The molecule has 4 aromatic rings. The van der Waals surface area contributed by atoms with Crippen LogP contribution in [0.1, 0.15) is 11.1 Å². The second kappa shape index (κ2) is 8.80. The zero-order valence-electron chi connectivity index (χ0n) is 15.8. The highest BCUT2D eigenvalue weighted by Gasteiger charge is 2.04. The molecule has 4 rings (SSSR count). The van der Waals surface area contributed by atoms with Crippen molar-refractivity contribution in [2.75, 3.05) is 17.6 Å². The summed E-state index contributed by atoms with van der Waals surface area (Å²) in [5, 5.41) is 5.04. The van der Waals surface area contributed by atoms with Crippen LogP contribution in [-0.4, -0.2) is 16.5 Å². The fourth-order valence-electron chi connectivity index (χ4n) is 3.04. The Labute approximate surface area is 174 Å². The molecule has 0 bridgehead atoms. The van der Waals surface area contributed by atoms with E-state index in [1.54, 1.807) is 6.33 Å². The second-order valence-corrected chi connectivity index (χ2v) is 7.17. The van der Waals surface area contributed by atoms with E-state index in [0.29, 0.717) is 12.3 Å².